The summed E-state index contributed by atoms with van der Waals surface area (Å²) in [5.74, 6) is -3.09. The molecule has 1 atom stereocenters. The Kier molecular flexibility index (Phi) is 5.75. The Balaban J connectivity index is 2.04. The van der Waals surface area contributed by atoms with Crippen molar-refractivity contribution in [2.75, 3.05) is 5.32 Å². The highest BCUT2D eigenvalue weighted by molar-refractivity contribution is 7.14. The quantitative estimate of drug-likeness (QED) is 0.660. The third kappa shape index (κ3) is 4.45. The van der Waals surface area contributed by atoms with Crippen molar-refractivity contribution >= 4 is 28.3 Å². The van der Waals surface area contributed by atoms with E-state index in [1.807, 2.05) is 0 Å². The number of thiazole rings is 1. The molecule has 1 aromatic heterocycles. The van der Waals surface area contributed by atoms with Gasteiger partial charge in [0.2, 0.25) is 0 Å². The van der Waals surface area contributed by atoms with Crippen LogP contribution >= 0.6 is 11.3 Å². The molecule has 0 bridgehead atoms. The SMILES string of the molecule is C/C=C/C(=O)O[C@@H](C)C(=O)Nc1nc(-c2ccc(F)c(F)c2)cs1. The lowest BCUT2D eigenvalue weighted by Crippen LogP contribution is -2.29. The molecular weight excluding hydrogens is 338 g/mol. The molecule has 1 N–H and O–H groups in total. The number of nitrogens with one attached hydrogen (secondary N) is 1. The van der Waals surface area contributed by atoms with E-state index in [1.54, 1.807) is 12.3 Å². The third-order valence-corrected chi connectivity index (χ3v) is 3.67. The van der Waals surface area contributed by atoms with Gasteiger partial charge in [-0.3, -0.25) is 10.1 Å². The second kappa shape index (κ2) is 7.78. The Morgan fingerprint density at radius 3 is 2.75 bits per heavy atom. The molecule has 1 heterocycles. The summed E-state index contributed by atoms with van der Waals surface area (Å²) in [6.07, 6.45) is 1.71. The minimum atomic E-state index is -0.996. The van der Waals surface area contributed by atoms with Crippen molar-refractivity contribution in [1.82, 2.24) is 4.98 Å². The van der Waals surface area contributed by atoms with E-state index >= 15 is 0 Å². The summed E-state index contributed by atoms with van der Waals surface area (Å²) in [7, 11) is 0. The van der Waals surface area contributed by atoms with E-state index in [-0.39, 0.29) is 5.13 Å². The van der Waals surface area contributed by atoms with Gasteiger partial charge in [0.25, 0.3) is 5.91 Å². The van der Waals surface area contributed by atoms with E-state index in [2.05, 4.69) is 10.3 Å². The number of benzene rings is 1. The Hall–Kier alpha value is -2.61. The van der Waals surface area contributed by atoms with Crippen LogP contribution in [0.4, 0.5) is 13.9 Å². The fourth-order valence-corrected chi connectivity index (χ4v) is 2.45. The van der Waals surface area contributed by atoms with E-state index in [0.717, 1.165) is 23.5 Å². The number of carbonyl (C=O) groups excluding carboxylic acids is 2. The molecule has 0 spiro atoms. The van der Waals surface area contributed by atoms with E-state index in [4.69, 9.17) is 4.74 Å². The van der Waals surface area contributed by atoms with Crippen molar-refractivity contribution in [3.05, 3.63) is 47.4 Å². The lowest BCUT2D eigenvalue weighted by atomic mass is 10.2. The van der Waals surface area contributed by atoms with Crippen LogP contribution in [0.2, 0.25) is 0 Å². The minimum absolute atomic E-state index is 0.258. The van der Waals surface area contributed by atoms with Crippen molar-refractivity contribution in [3.63, 3.8) is 0 Å². The molecule has 24 heavy (non-hydrogen) atoms. The Morgan fingerprint density at radius 1 is 1.33 bits per heavy atom. The van der Waals surface area contributed by atoms with Crippen LogP contribution in [0.25, 0.3) is 11.3 Å². The molecule has 0 aliphatic heterocycles. The predicted octanol–water partition coefficient (Wildman–Crippen LogP) is 3.53. The highest BCUT2D eigenvalue weighted by Crippen LogP contribution is 2.26. The van der Waals surface area contributed by atoms with Crippen LogP contribution in [0.1, 0.15) is 13.8 Å². The minimum Gasteiger partial charge on any atom is -0.449 e. The van der Waals surface area contributed by atoms with Gasteiger partial charge in [-0.15, -0.1) is 11.3 Å². The first kappa shape index (κ1) is 17.7. The Labute approximate surface area is 141 Å². The van der Waals surface area contributed by atoms with Crippen LogP contribution in [0.15, 0.2) is 35.7 Å². The van der Waals surface area contributed by atoms with E-state index in [9.17, 15) is 18.4 Å². The first-order valence-electron chi connectivity index (χ1n) is 6.96. The molecule has 0 saturated carbocycles. The van der Waals surface area contributed by atoms with E-state index in [1.165, 1.54) is 25.1 Å². The lowest BCUT2D eigenvalue weighted by molar-refractivity contribution is -0.148. The summed E-state index contributed by atoms with van der Waals surface area (Å²) in [5, 5.41) is 4.36. The number of allylic oxidation sites excluding steroid dienone is 1. The fraction of sp³-hybridized carbons (Fsp3) is 0.188. The number of esters is 1. The van der Waals surface area contributed by atoms with Crippen molar-refractivity contribution in [2.24, 2.45) is 0 Å². The lowest BCUT2D eigenvalue weighted by Gasteiger charge is -2.10. The Morgan fingerprint density at radius 2 is 2.08 bits per heavy atom. The van der Waals surface area contributed by atoms with Gasteiger partial charge in [0.15, 0.2) is 22.9 Å². The van der Waals surface area contributed by atoms with Crippen LogP contribution in [-0.2, 0) is 14.3 Å². The average molecular weight is 352 g/mol. The fourth-order valence-electron chi connectivity index (χ4n) is 1.73. The van der Waals surface area contributed by atoms with Gasteiger partial charge in [0.1, 0.15) is 0 Å². The zero-order chi connectivity index (χ0) is 17.7. The topological polar surface area (TPSA) is 68.3 Å². The summed E-state index contributed by atoms with van der Waals surface area (Å²) < 4.78 is 31.1. The van der Waals surface area contributed by atoms with Crippen molar-refractivity contribution in [1.29, 1.82) is 0 Å². The van der Waals surface area contributed by atoms with Gasteiger partial charge in [0.05, 0.1) is 5.69 Å². The number of carbonyl (C=O) groups is 2. The molecule has 0 unspecified atom stereocenters. The molecule has 5 nitrogen and oxygen atoms in total. The van der Waals surface area contributed by atoms with Gasteiger partial charge >= 0.3 is 5.97 Å². The normalized spacial score (nSPS) is 12.2. The molecule has 0 aliphatic rings. The number of ether oxygens (including phenoxy) is 1. The molecule has 2 aromatic rings. The summed E-state index contributed by atoms with van der Waals surface area (Å²) in [4.78, 5) is 27.4. The summed E-state index contributed by atoms with van der Waals surface area (Å²) in [6, 6.07) is 3.42. The molecular formula is C16H14F2N2O3S. The second-order valence-electron chi connectivity index (χ2n) is 4.74. The number of nitrogens with zero attached hydrogens (tertiary/aromatic N) is 1. The predicted molar refractivity (Wildman–Crippen MR) is 86.5 cm³/mol. The number of hydrogen-bond donors (Lipinski definition) is 1. The smallest absolute Gasteiger partial charge is 0.331 e. The number of amides is 1. The summed E-state index contributed by atoms with van der Waals surface area (Å²) in [6.45, 7) is 3.09. The average Bonchev–Trinajstić information content (AvgIpc) is 2.98. The molecule has 2 rings (SSSR count). The molecule has 0 fully saturated rings. The molecule has 0 aliphatic carbocycles. The van der Waals surface area contributed by atoms with Gasteiger partial charge in [-0.25, -0.2) is 18.6 Å². The van der Waals surface area contributed by atoms with Crippen LogP contribution in [0.5, 0.6) is 0 Å². The zero-order valence-corrected chi connectivity index (χ0v) is 13.7. The number of rotatable bonds is 5. The summed E-state index contributed by atoms with van der Waals surface area (Å²) >= 11 is 1.12. The van der Waals surface area contributed by atoms with Crippen molar-refractivity contribution in [2.45, 2.75) is 20.0 Å². The maximum absolute atomic E-state index is 13.2. The van der Waals surface area contributed by atoms with Gasteiger partial charge in [0, 0.05) is 17.0 Å². The molecule has 0 saturated heterocycles. The van der Waals surface area contributed by atoms with Gasteiger partial charge in [-0.2, -0.15) is 0 Å². The van der Waals surface area contributed by atoms with Gasteiger partial charge in [-0.05, 0) is 32.0 Å². The second-order valence-corrected chi connectivity index (χ2v) is 5.59. The molecule has 0 radical (unpaired) electrons. The highest BCUT2D eigenvalue weighted by atomic mass is 32.1. The van der Waals surface area contributed by atoms with E-state index in [0.29, 0.717) is 11.3 Å². The van der Waals surface area contributed by atoms with Crippen LogP contribution in [-0.4, -0.2) is 23.0 Å². The molecule has 1 aromatic carbocycles. The first-order valence-corrected chi connectivity index (χ1v) is 7.83. The van der Waals surface area contributed by atoms with Crippen molar-refractivity contribution in [3.8, 4) is 11.3 Å². The Bertz CT molecular complexity index is 789. The van der Waals surface area contributed by atoms with Crippen LogP contribution < -0.4 is 5.32 Å². The van der Waals surface area contributed by atoms with Crippen molar-refractivity contribution < 1.29 is 23.1 Å². The molecule has 8 heteroatoms. The number of anilines is 1. The highest BCUT2D eigenvalue weighted by Gasteiger charge is 2.18. The van der Waals surface area contributed by atoms with Crippen LogP contribution in [0, 0.1) is 11.6 Å². The largest absolute Gasteiger partial charge is 0.449 e. The maximum atomic E-state index is 13.2. The molecule has 126 valence electrons. The van der Waals surface area contributed by atoms with Gasteiger partial charge in [-0.1, -0.05) is 6.08 Å². The number of aromatic nitrogens is 1. The maximum Gasteiger partial charge on any atom is 0.331 e. The van der Waals surface area contributed by atoms with E-state index < -0.39 is 29.6 Å². The molecule has 1 amide bonds. The zero-order valence-electron chi connectivity index (χ0n) is 12.9. The standard InChI is InChI=1S/C16H14F2N2O3S/c1-3-4-14(21)23-9(2)15(22)20-16-19-13(8-24-16)10-5-6-11(17)12(18)7-10/h3-9H,1-2H3,(H,19,20,22)/b4-3+/t9-/m0/s1. The third-order valence-electron chi connectivity index (χ3n) is 2.91. The number of halogens is 2. The first-order chi connectivity index (χ1) is 11.4. The van der Waals surface area contributed by atoms with Gasteiger partial charge < -0.3 is 4.74 Å². The number of hydrogen-bond acceptors (Lipinski definition) is 5. The van der Waals surface area contributed by atoms with Crippen LogP contribution in [0.3, 0.4) is 0 Å². The monoisotopic (exact) mass is 352 g/mol. The summed E-state index contributed by atoms with van der Waals surface area (Å²) in [5.41, 5.74) is 0.783.